The van der Waals surface area contributed by atoms with Gasteiger partial charge in [0.2, 0.25) is 0 Å². The Morgan fingerprint density at radius 1 is 1.32 bits per heavy atom. The molecule has 1 aromatic heterocycles. The van der Waals surface area contributed by atoms with Gasteiger partial charge in [0.15, 0.2) is 6.04 Å². The minimum absolute atomic E-state index is 0.286. The second-order valence-corrected chi connectivity index (χ2v) is 5.77. The van der Waals surface area contributed by atoms with Crippen molar-refractivity contribution in [2.45, 2.75) is 12.5 Å². The normalized spacial score (nSPS) is 14.3. The predicted molar refractivity (Wildman–Crippen MR) is 85.1 cm³/mol. The number of esters is 1. The summed E-state index contributed by atoms with van der Waals surface area (Å²) in [5.74, 6) is -0.473. The average molecular weight is 316 g/mol. The smallest absolute Gasteiger partial charge is 0.333 e. The summed E-state index contributed by atoms with van der Waals surface area (Å²) in [5, 5.41) is 6.47. The Balaban J connectivity index is 1.79. The molecule has 1 aliphatic rings. The van der Waals surface area contributed by atoms with E-state index in [-0.39, 0.29) is 6.03 Å². The zero-order valence-electron chi connectivity index (χ0n) is 12.1. The highest BCUT2D eigenvalue weighted by Gasteiger charge is 2.29. The van der Waals surface area contributed by atoms with Gasteiger partial charge in [0.25, 0.3) is 0 Å². The van der Waals surface area contributed by atoms with Crippen LogP contribution < -0.4 is 10.2 Å². The van der Waals surface area contributed by atoms with E-state index >= 15 is 0 Å². The molecule has 114 valence electrons. The van der Waals surface area contributed by atoms with Crippen LogP contribution in [0.4, 0.5) is 10.5 Å². The summed E-state index contributed by atoms with van der Waals surface area (Å²) < 4.78 is 4.80. The molecule has 5 nitrogen and oxygen atoms in total. The van der Waals surface area contributed by atoms with Crippen LogP contribution in [0.25, 0.3) is 0 Å². The summed E-state index contributed by atoms with van der Waals surface area (Å²) in [5.41, 5.74) is 2.77. The molecule has 2 amide bonds. The molecule has 0 aliphatic carbocycles. The van der Waals surface area contributed by atoms with Gasteiger partial charge in [-0.05, 0) is 40.4 Å². The van der Waals surface area contributed by atoms with Gasteiger partial charge < -0.3 is 10.1 Å². The number of nitrogens with zero attached hydrogens (tertiary/aromatic N) is 1. The fourth-order valence-corrected chi connectivity index (χ4v) is 3.27. The lowest BCUT2D eigenvalue weighted by Crippen LogP contribution is -2.43. The van der Waals surface area contributed by atoms with Crippen LogP contribution in [0.2, 0.25) is 0 Å². The van der Waals surface area contributed by atoms with Gasteiger partial charge in [-0.15, -0.1) is 0 Å². The number of hydrogen-bond donors (Lipinski definition) is 1. The number of benzene rings is 1. The van der Waals surface area contributed by atoms with E-state index in [1.807, 2.05) is 41.1 Å². The molecule has 2 aromatic rings. The van der Waals surface area contributed by atoms with Crippen molar-refractivity contribution < 1.29 is 14.3 Å². The van der Waals surface area contributed by atoms with Gasteiger partial charge in [0.1, 0.15) is 0 Å². The van der Waals surface area contributed by atoms with Gasteiger partial charge >= 0.3 is 12.0 Å². The highest BCUT2D eigenvalue weighted by Crippen LogP contribution is 2.28. The van der Waals surface area contributed by atoms with Crippen molar-refractivity contribution in [3.05, 3.63) is 52.2 Å². The van der Waals surface area contributed by atoms with Gasteiger partial charge in [-0.25, -0.2) is 9.59 Å². The van der Waals surface area contributed by atoms with E-state index in [1.165, 1.54) is 18.4 Å². The van der Waals surface area contributed by atoms with Gasteiger partial charge in [0.05, 0.1) is 7.11 Å². The molecule has 6 heteroatoms. The van der Waals surface area contributed by atoms with Crippen LogP contribution in [0.5, 0.6) is 0 Å². The maximum Gasteiger partial charge on any atom is 0.333 e. The van der Waals surface area contributed by atoms with Gasteiger partial charge in [-0.1, -0.05) is 18.2 Å². The van der Waals surface area contributed by atoms with Crippen LogP contribution in [0.15, 0.2) is 41.1 Å². The number of urea groups is 1. The third kappa shape index (κ3) is 2.69. The molecule has 0 saturated heterocycles. The summed E-state index contributed by atoms with van der Waals surface area (Å²) >= 11 is 1.47. The molecule has 1 N–H and O–H groups in total. The van der Waals surface area contributed by atoms with E-state index in [1.54, 1.807) is 4.90 Å². The second kappa shape index (κ2) is 6.19. The number of carbonyl (C=O) groups excluding carboxylic acids is 2. The first-order valence-corrected chi connectivity index (χ1v) is 7.91. The molecule has 0 saturated carbocycles. The maximum absolute atomic E-state index is 12.5. The van der Waals surface area contributed by atoms with Gasteiger partial charge in [-0.3, -0.25) is 4.90 Å². The fourth-order valence-electron chi connectivity index (χ4n) is 2.59. The molecule has 0 spiro atoms. The van der Waals surface area contributed by atoms with Crippen molar-refractivity contribution >= 4 is 29.0 Å². The number of methoxy groups -OCH3 is 1. The molecule has 2 heterocycles. The van der Waals surface area contributed by atoms with E-state index < -0.39 is 12.0 Å². The van der Waals surface area contributed by atoms with E-state index in [2.05, 4.69) is 5.32 Å². The first-order valence-electron chi connectivity index (χ1n) is 6.96. The number of thiophene rings is 1. The highest BCUT2D eigenvalue weighted by molar-refractivity contribution is 7.08. The highest BCUT2D eigenvalue weighted by atomic mass is 32.1. The van der Waals surface area contributed by atoms with E-state index in [0.717, 1.165) is 23.2 Å². The van der Waals surface area contributed by atoms with Crippen LogP contribution in [-0.4, -0.2) is 25.7 Å². The topological polar surface area (TPSA) is 58.6 Å². The third-order valence-corrected chi connectivity index (χ3v) is 4.41. The molecule has 1 atom stereocenters. The monoisotopic (exact) mass is 316 g/mol. The lowest BCUT2D eigenvalue weighted by molar-refractivity contribution is -0.143. The molecule has 1 aliphatic heterocycles. The number of nitrogens with one attached hydrogen (secondary N) is 1. The van der Waals surface area contributed by atoms with E-state index in [4.69, 9.17) is 4.74 Å². The molecule has 0 fully saturated rings. The van der Waals surface area contributed by atoms with Crippen molar-refractivity contribution in [3.8, 4) is 0 Å². The Morgan fingerprint density at radius 3 is 2.86 bits per heavy atom. The molecule has 22 heavy (non-hydrogen) atoms. The number of carbonyl (C=O) groups is 2. The summed E-state index contributed by atoms with van der Waals surface area (Å²) in [6, 6.07) is 8.54. The number of ether oxygens (including phenoxy) is 1. The Bertz CT molecular complexity index is 684. The molecular formula is C16H16N2O3S. The molecule has 3 rings (SSSR count). The van der Waals surface area contributed by atoms with Crippen LogP contribution in [0.1, 0.15) is 17.2 Å². The molecular weight excluding hydrogens is 300 g/mol. The fraction of sp³-hybridized carbons (Fsp3) is 0.250. The van der Waals surface area contributed by atoms with Crippen molar-refractivity contribution in [2.24, 2.45) is 0 Å². The number of rotatable bonds is 3. The number of fused-ring (bicyclic) bond motifs is 1. The van der Waals surface area contributed by atoms with Crippen LogP contribution >= 0.6 is 11.3 Å². The second-order valence-electron chi connectivity index (χ2n) is 4.99. The Kier molecular flexibility index (Phi) is 4.11. The lowest BCUT2D eigenvalue weighted by atomic mass is 10.1. The number of anilines is 1. The van der Waals surface area contributed by atoms with Crippen molar-refractivity contribution in [2.75, 3.05) is 18.6 Å². The van der Waals surface area contributed by atoms with Crippen molar-refractivity contribution in [1.29, 1.82) is 0 Å². The SMILES string of the molecule is COC(=O)[C@H](NC(=O)N1CCc2ccccc21)c1ccsc1. The number of amides is 2. The zero-order chi connectivity index (χ0) is 15.5. The summed E-state index contributed by atoms with van der Waals surface area (Å²) in [7, 11) is 1.32. The van der Waals surface area contributed by atoms with Crippen LogP contribution in [0, 0.1) is 0 Å². The standard InChI is InChI=1S/C16H16N2O3S/c1-21-15(19)14(12-7-9-22-10-12)17-16(20)18-8-6-11-4-2-3-5-13(11)18/h2-5,7,9-10,14H,6,8H2,1H3,(H,17,20)/t14-/m1/s1. The summed E-state index contributed by atoms with van der Waals surface area (Å²) in [4.78, 5) is 26.2. The molecule has 1 aromatic carbocycles. The Morgan fingerprint density at radius 2 is 2.14 bits per heavy atom. The first kappa shape index (κ1) is 14.6. The summed E-state index contributed by atoms with van der Waals surface area (Å²) in [6.45, 7) is 0.614. The minimum Gasteiger partial charge on any atom is -0.467 e. The average Bonchev–Trinajstić information content (AvgIpc) is 3.20. The zero-order valence-corrected chi connectivity index (χ0v) is 12.9. The molecule has 0 bridgehead atoms. The van der Waals surface area contributed by atoms with E-state index in [9.17, 15) is 9.59 Å². The predicted octanol–water partition coefficient (Wildman–Crippen LogP) is 2.73. The quantitative estimate of drug-likeness (QED) is 0.886. The lowest BCUT2D eigenvalue weighted by Gasteiger charge is -2.22. The van der Waals surface area contributed by atoms with Crippen molar-refractivity contribution in [1.82, 2.24) is 5.32 Å². The molecule has 0 radical (unpaired) electrons. The number of hydrogen-bond acceptors (Lipinski definition) is 4. The first-order chi connectivity index (χ1) is 10.7. The Hall–Kier alpha value is -2.34. The van der Waals surface area contributed by atoms with Gasteiger partial charge in [-0.2, -0.15) is 11.3 Å². The third-order valence-electron chi connectivity index (χ3n) is 3.71. The van der Waals surface area contributed by atoms with Crippen LogP contribution in [-0.2, 0) is 16.0 Å². The van der Waals surface area contributed by atoms with Crippen molar-refractivity contribution in [3.63, 3.8) is 0 Å². The Labute approximate surface area is 132 Å². The number of para-hydroxylation sites is 1. The van der Waals surface area contributed by atoms with Gasteiger partial charge in [0, 0.05) is 12.2 Å². The van der Waals surface area contributed by atoms with E-state index in [0.29, 0.717) is 6.54 Å². The summed E-state index contributed by atoms with van der Waals surface area (Å²) in [6.07, 6.45) is 0.824. The minimum atomic E-state index is -0.781. The molecule has 0 unspecified atom stereocenters. The maximum atomic E-state index is 12.5. The largest absolute Gasteiger partial charge is 0.467 e. The van der Waals surface area contributed by atoms with Crippen LogP contribution in [0.3, 0.4) is 0 Å².